The molecule has 2 nitrogen and oxygen atoms in total. The van der Waals surface area contributed by atoms with Crippen LogP contribution in [-0.2, 0) is 6.54 Å². The van der Waals surface area contributed by atoms with E-state index >= 15 is 0 Å². The normalized spacial score (nSPS) is 10.4. The van der Waals surface area contributed by atoms with Crippen LogP contribution in [0.4, 0.5) is 0 Å². The molecule has 2 N–H and O–H groups in total. The van der Waals surface area contributed by atoms with Gasteiger partial charge >= 0.3 is 0 Å². The van der Waals surface area contributed by atoms with E-state index in [1.807, 2.05) is 31.2 Å². The van der Waals surface area contributed by atoms with Crippen molar-refractivity contribution in [3.63, 3.8) is 0 Å². The van der Waals surface area contributed by atoms with E-state index in [-0.39, 0.29) is 0 Å². The van der Waals surface area contributed by atoms with Crippen LogP contribution in [0.1, 0.15) is 16.7 Å². The summed E-state index contributed by atoms with van der Waals surface area (Å²) in [7, 11) is 0. The van der Waals surface area contributed by atoms with Gasteiger partial charge in [0.2, 0.25) is 0 Å². The maximum absolute atomic E-state index is 5.93. The van der Waals surface area contributed by atoms with E-state index < -0.39 is 0 Å². The predicted molar refractivity (Wildman–Crippen MR) is 78.0 cm³/mol. The molecule has 0 heterocycles. The van der Waals surface area contributed by atoms with Crippen LogP contribution in [0.5, 0.6) is 11.5 Å². The zero-order chi connectivity index (χ0) is 13.1. The molecule has 0 saturated heterocycles. The van der Waals surface area contributed by atoms with Crippen molar-refractivity contribution in [3.8, 4) is 11.5 Å². The van der Waals surface area contributed by atoms with Gasteiger partial charge in [-0.15, -0.1) is 0 Å². The molecule has 0 atom stereocenters. The first-order valence-corrected chi connectivity index (χ1v) is 6.63. The van der Waals surface area contributed by atoms with Crippen LogP contribution in [0.2, 0.25) is 0 Å². The molecule has 94 valence electrons. The summed E-state index contributed by atoms with van der Waals surface area (Å²) in [6.07, 6.45) is 0. The van der Waals surface area contributed by atoms with Gasteiger partial charge in [-0.25, -0.2) is 0 Å². The van der Waals surface area contributed by atoms with Crippen molar-refractivity contribution in [1.29, 1.82) is 0 Å². The fraction of sp³-hybridized carbons (Fsp3) is 0.200. The predicted octanol–water partition coefficient (Wildman–Crippen LogP) is 4.32. The molecule has 0 aliphatic carbocycles. The SMILES string of the molecule is Cc1ccc(C)c(Oc2ccc(CN)cc2Br)c1. The van der Waals surface area contributed by atoms with E-state index in [0.717, 1.165) is 27.1 Å². The van der Waals surface area contributed by atoms with Gasteiger partial charge in [0, 0.05) is 6.54 Å². The molecule has 0 aliphatic rings. The van der Waals surface area contributed by atoms with Crippen LogP contribution in [0.3, 0.4) is 0 Å². The molecule has 0 amide bonds. The summed E-state index contributed by atoms with van der Waals surface area (Å²) >= 11 is 3.51. The number of ether oxygens (including phenoxy) is 1. The number of aryl methyl sites for hydroxylation is 2. The largest absolute Gasteiger partial charge is 0.456 e. The molecule has 0 aromatic heterocycles. The van der Waals surface area contributed by atoms with Gasteiger partial charge in [0.15, 0.2) is 0 Å². The Bertz CT molecular complexity index is 566. The van der Waals surface area contributed by atoms with Gasteiger partial charge in [-0.05, 0) is 64.7 Å². The molecule has 3 heteroatoms. The molecule has 0 bridgehead atoms. The highest BCUT2D eigenvalue weighted by atomic mass is 79.9. The summed E-state index contributed by atoms with van der Waals surface area (Å²) in [6.45, 7) is 4.62. The molecule has 0 radical (unpaired) electrons. The molecular formula is C15H16BrNO. The quantitative estimate of drug-likeness (QED) is 0.916. The average molecular weight is 306 g/mol. The lowest BCUT2D eigenvalue weighted by Gasteiger charge is -2.11. The molecule has 2 rings (SSSR count). The van der Waals surface area contributed by atoms with Gasteiger partial charge in [0.1, 0.15) is 11.5 Å². The van der Waals surface area contributed by atoms with Gasteiger partial charge < -0.3 is 10.5 Å². The maximum Gasteiger partial charge on any atom is 0.141 e. The van der Waals surface area contributed by atoms with Crippen molar-refractivity contribution in [2.24, 2.45) is 5.73 Å². The van der Waals surface area contributed by atoms with Crippen molar-refractivity contribution in [2.45, 2.75) is 20.4 Å². The molecule has 0 saturated carbocycles. The molecule has 0 spiro atoms. The Balaban J connectivity index is 2.31. The highest BCUT2D eigenvalue weighted by Gasteiger charge is 2.06. The van der Waals surface area contributed by atoms with E-state index in [4.69, 9.17) is 10.5 Å². The van der Waals surface area contributed by atoms with Crippen molar-refractivity contribution in [2.75, 3.05) is 0 Å². The van der Waals surface area contributed by atoms with Crippen LogP contribution < -0.4 is 10.5 Å². The van der Waals surface area contributed by atoms with Crippen molar-refractivity contribution in [3.05, 3.63) is 57.6 Å². The van der Waals surface area contributed by atoms with Gasteiger partial charge in [-0.2, -0.15) is 0 Å². The van der Waals surface area contributed by atoms with E-state index in [9.17, 15) is 0 Å². The second kappa shape index (κ2) is 5.55. The first-order chi connectivity index (χ1) is 8.60. The first kappa shape index (κ1) is 13.1. The van der Waals surface area contributed by atoms with E-state index in [2.05, 4.69) is 35.0 Å². The van der Waals surface area contributed by atoms with Crippen LogP contribution >= 0.6 is 15.9 Å². The minimum atomic E-state index is 0.530. The smallest absolute Gasteiger partial charge is 0.141 e. The van der Waals surface area contributed by atoms with Crippen LogP contribution in [0, 0.1) is 13.8 Å². The monoisotopic (exact) mass is 305 g/mol. The maximum atomic E-state index is 5.93. The molecule has 18 heavy (non-hydrogen) atoms. The second-order valence-corrected chi connectivity index (χ2v) is 5.19. The Morgan fingerprint density at radius 2 is 1.83 bits per heavy atom. The zero-order valence-electron chi connectivity index (χ0n) is 10.5. The second-order valence-electron chi connectivity index (χ2n) is 4.34. The topological polar surface area (TPSA) is 35.2 Å². The van der Waals surface area contributed by atoms with Gasteiger partial charge in [-0.1, -0.05) is 18.2 Å². The number of hydrogen-bond donors (Lipinski definition) is 1. The Morgan fingerprint density at radius 3 is 2.50 bits per heavy atom. The van der Waals surface area contributed by atoms with Crippen LogP contribution in [0.15, 0.2) is 40.9 Å². The fourth-order valence-corrected chi connectivity index (χ4v) is 2.20. The van der Waals surface area contributed by atoms with E-state index in [0.29, 0.717) is 6.54 Å². The van der Waals surface area contributed by atoms with Crippen LogP contribution in [0.25, 0.3) is 0 Å². The zero-order valence-corrected chi connectivity index (χ0v) is 12.1. The third-order valence-corrected chi connectivity index (χ3v) is 3.42. The molecule has 0 unspecified atom stereocenters. The minimum absolute atomic E-state index is 0.530. The average Bonchev–Trinajstić information content (AvgIpc) is 2.36. The van der Waals surface area contributed by atoms with Crippen molar-refractivity contribution in [1.82, 2.24) is 0 Å². The van der Waals surface area contributed by atoms with Gasteiger partial charge in [0.05, 0.1) is 4.47 Å². The number of nitrogens with two attached hydrogens (primary N) is 1. The molecule has 0 fully saturated rings. The lowest BCUT2D eigenvalue weighted by Crippen LogP contribution is -1.96. The number of benzene rings is 2. The number of hydrogen-bond acceptors (Lipinski definition) is 2. The Kier molecular flexibility index (Phi) is 4.04. The molecule has 2 aromatic rings. The summed E-state index contributed by atoms with van der Waals surface area (Å²) in [4.78, 5) is 0. The summed E-state index contributed by atoms with van der Waals surface area (Å²) in [6, 6.07) is 12.1. The third kappa shape index (κ3) is 2.92. The lowest BCUT2D eigenvalue weighted by atomic mass is 10.1. The van der Waals surface area contributed by atoms with E-state index in [1.165, 1.54) is 5.56 Å². The molecule has 0 aliphatic heterocycles. The summed E-state index contributed by atoms with van der Waals surface area (Å²) < 4.78 is 6.86. The summed E-state index contributed by atoms with van der Waals surface area (Å²) in [5.74, 6) is 1.69. The number of halogens is 1. The first-order valence-electron chi connectivity index (χ1n) is 5.84. The standard InChI is InChI=1S/C15H16BrNO/c1-10-3-4-11(2)15(7-10)18-14-6-5-12(9-17)8-13(14)16/h3-8H,9,17H2,1-2H3. The highest BCUT2D eigenvalue weighted by Crippen LogP contribution is 2.32. The lowest BCUT2D eigenvalue weighted by molar-refractivity contribution is 0.475. The minimum Gasteiger partial charge on any atom is -0.456 e. The third-order valence-electron chi connectivity index (χ3n) is 2.80. The van der Waals surface area contributed by atoms with Gasteiger partial charge in [-0.3, -0.25) is 0 Å². The van der Waals surface area contributed by atoms with Crippen LogP contribution in [-0.4, -0.2) is 0 Å². The van der Waals surface area contributed by atoms with E-state index in [1.54, 1.807) is 0 Å². The highest BCUT2D eigenvalue weighted by molar-refractivity contribution is 9.10. The Hall–Kier alpha value is -1.32. The van der Waals surface area contributed by atoms with Crippen molar-refractivity contribution < 1.29 is 4.74 Å². The van der Waals surface area contributed by atoms with Crippen molar-refractivity contribution >= 4 is 15.9 Å². The summed E-state index contributed by atoms with van der Waals surface area (Å²) in [5.41, 5.74) is 8.99. The van der Waals surface area contributed by atoms with Gasteiger partial charge in [0.25, 0.3) is 0 Å². The Morgan fingerprint density at radius 1 is 1.06 bits per heavy atom. The Labute approximate surface area is 116 Å². The number of rotatable bonds is 3. The molecule has 2 aromatic carbocycles. The molecular weight excluding hydrogens is 290 g/mol. The fourth-order valence-electron chi connectivity index (χ4n) is 1.69. The summed E-state index contributed by atoms with van der Waals surface area (Å²) in [5, 5.41) is 0.